The average Bonchev–Trinajstić information content (AvgIpc) is 3.14. The SMILES string of the molecule is CN=C(NCc1ccccc1CS(=O)(=O)N1CCOCC1)NCc1ncnn1C. The first-order valence-corrected chi connectivity index (χ1v) is 11.0. The molecule has 1 aliphatic heterocycles. The second-order valence-corrected chi connectivity index (χ2v) is 8.58. The van der Waals surface area contributed by atoms with Gasteiger partial charge in [-0.05, 0) is 11.1 Å². The first-order valence-electron chi connectivity index (χ1n) is 9.39. The number of guanidine groups is 1. The van der Waals surface area contributed by atoms with Crippen LogP contribution in [-0.2, 0) is 40.7 Å². The van der Waals surface area contributed by atoms with Crippen LogP contribution in [-0.4, -0.2) is 66.8 Å². The second kappa shape index (κ2) is 9.81. The Morgan fingerprint density at radius 3 is 2.52 bits per heavy atom. The summed E-state index contributed by atoms with van der Waals surface area (Å²) < 4.78 is 34.0. The molecule has 2 N–H and O–H groups in total. The summed E-state index contributed by atoms with van der Waals surface area (Å²) in [4.78, 5) is 8.37. The summed E-state index contributed by atoms with van der Waals surface area (Å²) in [6.07, 6.45) is 1.50. The maximum atomic E-state index is 12.8. The lowest BCUT2D eigenvalue weighted by Gasteiger charge is -2.26. The highest BCUT2D eigenvalue weighted by Gasteiger charge is 2.25. The first kappa shape index (κ1) is 21.2. The van der Waals surface area contributed by atoms with Gasteiger partial charge in [0.15, 0.2) is 5.96 Å². The average molecular weight is 422 g/mol. The maximum Gasteiger partial charge on any atom is 0.218 e. The molecule has 2 heterocycles. The number of aryl methyl sites for hydroxylation is 1. The Labute approximate surface area is 171 Å². The molecule has 1 fully saturated rings. The van der Waals surface area contributed by atoms with Crippen LogP contribution in [0.25, 0.3) is 0 Å². The molecule has 0 atom stereocenters. The first-order chi connectivity index (χ1) is 14.0. The molecule has 1 aromatic carbocycles. The molecule has 0 spiro atoms. The van der Waals surface area contributed by atoms with Gasteiger partial charge in [-0.1, -0.05) is 24.3 Å². The number of benzene rings is 1. The van der Waals surface area contributed by atoms with Crippen molar-refractivity contribution in [3.8, 4) is 0 Å². The van der Waals surface area contributed by atoms with Gasteiger partial charge in [-0.2, -0.15) is 9.40 Å². The third kappa shape index (κ3) is 5.75. The number of hydrogen-bond acceptors (Lipinski definition) is 6. The van der Waals surface area contributed by atoms with E-state index in [1.165, 1.54) is 10.6 Å². The lowest BCUT2D eigenvalue weighted by Crippen LogP contribution is -2.41. The largest absolute Gasteiger partial charge is 0.379 e. The Balaban J connectivity index is 1.61. The van der Waals surface area contributed by atoms with E-state index in [1.54, 1.807) is 11.7 Å². The smallest absolute Gasteiger partial charge is 0.218 e. The van der Waals surface area contributed by atoms with Crippen molar-refractivity contribution in [3.63, 3.8) is 0 Å². The van der Waals surface area contributed by atoms with Crippen LogP contribution in [0.5, 0.6) is 0 Å². The Hall–Kier alpha value is -2.50. The molecule has 0 aliphatic carbocycles. The van der Waals surface area contributed by atoms with E-state index in [9.17, 15) is 8.42 Å². The Morgan fingerprint density at radius 2 is 1.86 bits per heavy atom. The van der Waals surface area contributed by atoms with Crippen molar-refractivity contribution in [1.82, 2.24) is 29.7 Å². The van der Waals surface area contributed by atoms with E-state index in [4.69, 9.17) is 4.74 Å². The molecular weight excluding hydrogens is 394 g/mol. The summed E-state index contributed by atoms with van der Waals surface area (Å²) in [6.45, 7) is 2.62. The number of ether oxygens (including phenoxy) is 1. The molecule has 10 nitrogen and oxygen atoms in total. The zero-order valence-electron chi connectivity index (χ0n) is 16.7. The highest BCUT2D eigenvalue weighted by Crippen LogP contribution is 2.16. The fourth-order valence-electron chi connectivity index (χ4n) is 3.03. The van der Waals surface area contributed by atoms with E-state index in [0.29, 0.717) is 45.4 Å². The van der Waals surface area contributed by atoms with Gasteiger partial charge in [0.25, 0.3) is 0 Å². The van der Waals surface area contributed by atoms with Gasteiger partial charge >= 0.3 is 0 Å². The van der Waals surface area contributed by atoms with E-state index in [2.05, 4.69) is 25.7 Å². The molecule has 1 saturated heterocycles. The second-order valence-electron chi connectivity index (χ2n) is 6.62. The van der Waals surface area contributed by atoms with Crippen LogP contribution < -0.4 is 10.6 Å². The molecule has 0 amide bonds. The lowest BCUT2D eigenvalue weighted by atomic mass is 10.1. The van der Waals surface area contributed by atoms with Crippen molar-refractivity contribution >= 4 is 16.0 Å². The number of hydrogen-bond donors (Lipinski definition) is 2. The third-order valence-corrected chi connectivity index (χ3v) is 6.54. The highest BCUT2D eigenvalue weighted by atomic mass is 32.2. The van der Waals surface area contributed by atoms with Crippen LogP contribution in [0.15, 0.2) is 35.6 Å². The topological polar surface area (TPSA) is 114 Å². The Bertz CT molecular complexity index is 936. The quantitative estimate of drug-likeness (QED) is 0.472. The van der Waals surface area contributed by atoms with Gasteiger partial charge in [0.05, 0.1) is 25.5 Å². The number of sulfonamides is 1. The minimum Gasteiger partial charge on any atom is -0.379 e. The van der Waals surface area contributed by atoms with Crippen molar-refractivity contribution in [2.24, 2.45) is 12.0 Å². The zero-order valence-corrected chi connectivity index (χ0v) is 17.5. The van der Waals surface area contributed by atoms with E-state index < -0.39 is 10.0 Å². The number of aliphatic imine (C=N–C) groups is 1. The summed E-state index contributed by atoms with van der Waals surface area (Å²) in [5.41, 5.74) is 1.68. The standard InChI is InChI=1S/C18H27N7O3S/c1-19-18(21-12-17-22-14-23-24(17)2)20-11-15-5-3-4-6-16(15)13-29(26,27)25-7-9-28-10-8-25/h3-6,14H,7-13H2,1-2H3,(H2,19,20,21). The molecule has 0 unspecified atom stereocenters. The number of nitrogens with zero attached hydrogens (tertiary/aromatic N) is 5. The molecule has 29 heavy (non-hydrogen) atoms. The van der Waals surface area contributed by atoms with E-state index in [0.717, 1.165) is 17.0 Å². The molecule has 2 aromatic rings. The molecule has 0 bridgehead atoms. The van der Waals surface area contributed by atoms with Crippen molar-refractivity contribution in [1.29, 1.82) is 0 Å². The summed E-state index contributed by atoms with van der Waals surface area (Å²) in [5, 5.41) is 10.4. The van der Waals surface area contributed by atoms with Gasteiger partial charge in [0, 0.05) is 33.7 Å². The lowest BCUT2D eigenvalue weighted by molar-refractivity contribution is 0.0729. The Morgan fingerprint density at radius 1 is 1.17 bits per heavy atom. The van der Waals surface area contributed by atoms with Crippen molar-refractivity contribution in [2.75, 3.05) is 33.4 Å². The van der Waals surface area contributed by atoms with Gasteiger partial charge in [0.2, 0.25) is 10.0 Å². The molecule has 1 aliphatic rings. The summed E-state index contributed by atoms with van der Waals surface area (Å²) in [6, 6.07) is 7.53. The fourth-order valence-corrected chi connectivity index (χ4v) is 4.59. The van der Waals surface area contributed by atoms with E-state index >= 15 is 0 Å². The minimum atomic E-state index is -3.39. The maximum absolute atomic E-state index is 12.8. The number of nitrogens with one attached hydrogen (secondary N) is 2. The minimum absolute atomic E-state index is 0.0319. The highest BCUT2D eigenvalue weighted by molar-refractivity contribution is 7.88. The van der Waals surface area contributed by atoms with Gasteiger partial charge in [-0.25, -0.2) is 13.4 Å². The number of rotatable bonds is 7. The monoisotopic (exact) mass is 421 g/mol. The molecule has 158 valence electrons. The van der Waals surface area contributed by atoms with Crippen LogP contribution in [0.3, 0.4) is 0 Å². The van der Waals surface area contributed by atoms with Gasteiger partial charge in [0.1, 0.15) is 12.2 Å². The summed E-state index contributed by atoms with van der Waals surface area (Å²) in [5.74, 6) is 1.35. The zero-order chi connectivity index (χ0) is 20.7. The van der Waals surface area contributed by atoms with E-state index in [1.807, 2.05) is 31.3 Å². The Kier molecular flexibility index (Phi) is 7.18. The molecule has 3 rings (SSSR count). The summed E-state index contributed by atoms with van der Waals surface area (Å²) in [7, 11) is 0.120. The van der Waals surface area contributed by atoms with Gasteiger partial charge in [-0.3, -0.25) is 9.67 Å². The van der Waals surface area contributed by atoms with Crippen LogP contribution in [0, 0.1) is 0 Å². The van der Waals surface area contributed by atoms with Crippen molar-refractivity contribution < 1.29 is 13.2 Å². The van der Waals surface area contributed by atoms with Gasteiger partial charge < -0.3 is 15.4 Å². The summed E-state index contributed by atoms with van der Waals surface area (Å²) >= 11 is 0. The number of aromatic nitrogens is 3. The molecule has 0 radical (unpaired) electrons. The predicted octanol–water partition coefficient (Wildman–Crippen LogP) is -0.158. The van der Waals surface area contributed by atoms with Crippen LogP contribution in [0.2, 0.25) is 0 Å². The van der Waals surface area contributed by atoms with Crippen molar-refractivity contribution in [3.05, 3.63) is 47.5 Å². The fraction of sp³-hybridized carbons (Fsp3) is 0.500. The van der Waals surface area contributed by atoms with Gasteiger partial charge in [-0.15, -0.1) is 0 Å². The van der Waals surface area contributed by atoms with Crippen LogP contribution in [0.4, 0.5) is 0 Å². The molecule has 1 aromatic heterocycles. The number of morpholine rings is 1. The van der Waals surface area contributed by atoms with Crippen LogP contribution in [0.1, 0.15) is 17.0 Å². The third-order valence-electron chi connectivity index (χ3n) is 4.71. The normalized spacial score (nSPS) is 16.0. The molecule has 0 saturated carbocycles. The predicted molar refractivity (Wildman–Crippen MR) is 109 cm³/mol. The molecule has 11 heteroatoms. The van der Waals surface area contributed by atoms with Crippen molar-refractivity contribution in [2.45, 2.75) is 18.8 Å². The molecular formula is C18H27N7O3S. The van der Waals surface area contributed by atoms with E-state index in [-0.39, 0.29) is 5.75 Å². The van der Waals surface area contributed by atoms with Crippen LogP contribution >= 0.6 is 0 Å².